The zero-order chi connectivity index (χ0) is 15.1. The minimum atomic E-state index is -0.287. The fourth-order valence-electron chi connectivity index (χ4n) is 1.70. The number of para-hydroxylation sites is 1. The van der Waals surface area contributed by atoms with Crippen molar-refractivity contribution in [2.45, 2.75) is 13.8 Å². The molecule has 0 aromatic heterocycles. The Morgan fingerprint density at radius 3 is 2.43 bits per heavy atom. The van der Waals surface area contributed by atoms with Gasteiger partial charge in [-0.3, -0.25) is 4.79 Å². The van der Waals surface area contributed by atoms with E-state index in [0.29, 0.717) is 5.75 Å². The van der Waals surface area contributed by atoms with Crippen molar-refractivity contribution in [3.8, 4) is 5.75 Å². The molecule has 0 atom stereocenters. The third kappa shape index (κ3) is 4.76. The summed E-state index contributed by atoms with van der Waals surface area (Å²) in [6.45, 7) is 3.82. The molecule has 0 aliphatic heterocycles. The summed E-state index contributed by atoms with van der Waals surface area (Å²) >= 11 is 0. The van der Waals surface area contributed by atoms with E-state index in [-0.39, 0.29) is 12.5 Å². The second kappa shape index (κ2) is 7.24. The van der Waals surface area contributed by atoms with Gasteiger partial charge in [-0.1, -0.05) is 48.0 Å². The lowest BCUT2D eigenvalue weighted by Gasteiger charge is -2.05. The van der Waals surface area contributed by atoms with Crippen LogP contribution in [0.3, 0.4) is 0 Å². The Labute approximate surface area is 124 Å². The van der Waals surface area contributed by atoms with Crippen molar-refractivity contribution in [3.63, 3.8) is 0 Å². The number of ether oxygens (including phenoxy) is 1. The molecule has 108 valence electrons. The highest BCUT2D eigenvalue weighted by Crippen LogP contribution is 2.07. The molecule has 1 N–H and O–H groups in total. The lowest BCUT2D eigenvalue weighted by molar-refractivity contribution is -0.123. The molecular weight excluding hydrogens is 264 g/mol. The summed E-state index contributed by atoms with van der Waals surface area (Å²) in [4.78, 5) is 11.7. The van der Waals surface area contributed by atoms with Crippen LogP contribution in [-0.4, -0.2) is 18.2 Å². The largest absolute Gasteiger partial charge is 0.484 e. The van der Waals surface area contributed by atoms with E-state index in [9.17, 15) is 4.79 Å². The number of carbonyl (C=O) groups is 1. The average molecular weight is 282 g/mol. The van der Waals surface area contributed by atoms with Crippen molar-refractivity contribution in [3.05, 3.63) is 65.7 Å². The van der Waals surface area contributed by atoms with Crippen LogP contribution in [0.15, 0.2) is 59.7 Å². The molecule has 0 bridgehead atoms. The number of rotatable bonds is 5. The zero-order valence-electron chi connectivity index (χ0n) is 12.2. The Hall–Kier alpha value is -2.62. The number of hydrogen-bond acceptors (Lipinski definition) is 3. The summed E-state index contributed by atoms with van der Waals surface area (Å²) in [5.74, 6) is 0.372. The number of nitrogens with one attached hydrogen (secondary N) is 1. The van der Waals surface area contributed by atoms with E-state index >= 15 is 0 Å². The lowest BCUT2D eigenvalue weighted by Crippen LogP contribution is -2.25. The van der Waals surface area contributed by atoms with Crippen molar-refractivity contribution in [2.24, 2.45) is 5.10 Å². The molecule has 0 unspecified atom stereocenters. The topological polar surface area (TPSA) is 50.7 Å². The molecule has 1 amide bonds. The third-order valence-electron chi connectivity index (χ3n) is 2.93. The number of hydrogen-bond donors (Lipinski definition) is 1. The molecule has 2 aromatic rings. The van der Waals surface area contributed by atoms with Gasteiger partial charge in [0.2, 0.25) is 0 Å². The standard InChI is InChI=1S/C17H18N2O2/c1-13-8-10-15(11-9-13)14(2)18-19-17(20)12-21-16-6-4-3-5-7-16/h3-11H,12H2,1-2H3,(H,19,20). The lowest BCUT2D eigenvalue weighted by atomic mass is 10.1. The van der Waals surface area contributed by atoms with Crippen molar-refractivity contribution >= 4 is 11.6 Å². The minimum absolute atomic E-state index is 0.0608. The summed E-state index contributed by atoms with van der Waals surface area (Å²) in [6, 6.07) is 17.2. The maximum Gasteiger partial charge on any atom is 0.277 e. The van der Waals surface area contributed by atoms with Gasteiger partial charge < -0.3 is 4.74 Å². The van der Waals surface area contributed by atoms with Crippen LogP contribution in [0.5, 0.6) is 5.75 Å². The van der Waals surface area contributed by atoms with Crippen LogP contribution in [0, 0.1) is 6.92 Å². The number of carbonyl (C=O) groups excluding carboxylic acids is 1. The number of benzene rings is 2. The molecule has 0 aliphatic carbocycles. The van der Waals surface area contributed by atoms with Crippen molar-refractivity contribution in [2.75, 3.05) is 6.61 Å². The molecule has 0 spiro atoms. The molecule has 2 aromatic carbocycles. The number of nitrogens with zero attached hydrogens (tertiary/aromatic N) is 1. The van der Waals surface area contributed by atoms with Gasteiger partial charge in [-0.2, -0.15) is 5.10 Å². The van der Waals surface area contributed by atoms with Crippen molar-refractivity contribution in [1.82, 2.24) is 5.43 Å². The third-order valence-corrected chi connectivity index (χ3v) is 2.93. The van der Waals surface area contributed by atoms with E-state index in [1.54, 1.807) is 12.1 Å². The quantitative estimate of drug-likeness (QED) is 0.677. The van der Waals surface area contributed by atoms with Crippen molar-refractivity contribution in [1.29, 1.82) is 0 Å². The first kappa shape index (κ1) is 14.8. The van der Waals surface area contributed by atoms with Gasteiger partial charge in [0.05, 0.1) is 5.71 Å². The minimum Gasteiger partial charge on any atom is -0.484 e. The van der Waals surface area contributed by atoms with Gasteiger partial charge in [0.15, 0.2) is 6.61 Å². The number of amides is 1. The van der Waals surface area contributed by atoms with Gasteiger partial charge in [-0.25, -0.2) is 5.43 Å². The summed E-state index contributed by atoms with van der Waals surface area (Å²) < 4.78 is 5.34. The molecular formula is C17H18N2O2. The first-order chi connectivity index (χ1) is 10.1. The Bertz CT molecular complexity index is 619. The Morgan fingerprint density at radius 1 is 1.10 bits per heavy atom. The van der Waals surface area contributed by atoms with Crippen LogP contribution in [0.2, 0.25) is 0 Å². The Kier molecular flexibility index (Phi) is 5.10. The molecule has 21 heavy (non-hydrogen) atoms. The zero-order valence-corrected chi connectivity index (χ0v) is 12.2. The molecule has 0 saturated carbocycles. The van der Waals surface area contributed by atoms with E-state index in [0.717, 1.165) is 11.3 Å². The monoisotopic (exact) mass is 282 g/mol. The smallest absolute Gasteiger partial charge is 0.277 e. The van der Waals surface area contributed by atoms with E-state index in [1.807, 2.05) is 56.3 Å². The second-order valence-corrected chi connectivity index (χ2v) is 4.70. The summed E-state index contributed by atoms with van der Waals surface area (Å²) in [5, 5.41) is 4.07. The van der Waals surface area contributed by atoms with Crippen LogP contribution in [0.1, 0.15) is 18.1 Å². The van der Waals surface area contributed by atoms with E-state index in [1.165, 1.54) is 5.56 Å². The summed E-state index contributed by atoms with van der Waals surface area (Å²) in [7, 11) is 0. The highest BCUT2D eigenvalue weighted by molar-refractivity contribution is 5.99. The Balaban J connectivity index is 1.85. The first-order valence-electron chi connectivity index (χ1n) is 6.73. The van der Waals surface area contributed by atoms with Crippen molar-refractivity contribution < 1.29 is 9.53 Å². The molecule has 4 heteroatoms. The molecule has 0 radical (unpaired) electrons. The maximum absolute atomic E-state index is 11.7. The van der Waals surface area contributed by atoms with Crippen LogP contribution < -0.4 is 10.2 Å². The van der Waals surface area contributed by atoms with E-state index in [2.05, 4.69) is 10.5 Å². The van der Waals surface area contributed by atoms with E-state index in [4.69, 9.17) is 4.74 Å². The maximum atomic E-state index is 11.7. The number of hydrazone groups is 1. The first-order valence-corrected chi connectivity index (χ1v) is 6.73. The molecule has 0 aliphatic rings. The van der Waals surface area contributed by atoms with Gasteiger partial charge in [-0.15, -0.1) is 0 Å². The van der Waals surface area contributed by atoms with Gasteiger partial charge in [0, 0.05) is 0 Å². The average Bonchev–Trinajstić information content (AvgIpc) is 2.52. The second-order valence-electron chi connectivity index (χ2n) is 4.70. The van der Waals surface area contributed by atoms with Crippen LogP contribution in [-0.2, 0) is 4.79 Å². The molecule has 2 rings (SSSR count). The van der Waals surface area contributed by atoms with E-state index < -0.39 is 0 Å². The van der Waals surface area contributed by atoms with Gasteiger partial charge in [0.1, 0.15) is 5.75 Å². The predicted molar refractivity (Wildman–Crippen MR) is 83.5 cm³/mol. The van der Waals surface area contributed by atoms with Crippen LogP contribution in [0.25, 0.3) is 0 Å². The van der Waals surface area contributed by atoms with Gasteiger partial charge in [0.25, 0.3) is 5.91 Å². The molecule has 0 saturated heterocycles. The highest BCUT2D eigenvalue weighted by atomic mass is 16.5. The number of aryl methyl sites for hydroxylation is 1. The highest BCUT2D eigenvalue weighted by Gasteiger charge is 2.02. The SMILES string of the molecule is CC(=NNC(=O)COc1ccccc1)c1ccc(C)cc1. The fraction of sp³-hybridized carbons (Fsp3) is 0.176. The summed E-state index contributed by atoms with van der Waals surface area (Å²) in [5.41, 5.74) is 5.41. The summed E-state index contributed by atoms with van der Waals surface area (Å²) in [6.07, 6.45) is 0. The van der Waals surface area contributed by atoms with Gasteiger partial charge >= 0.3 is 0 Å². The van der Waals surface area contributed by atoms with Crippen LogP contribution in [0.4, 0.5) is 0 Å². The van der Waals surface area contributed by atoms with Crippen LogP contribution >= 0.6 is 0 Å². The predicted octanol–water partition coefficient (Wildman–Crippen LogP) is 2.91. The normalized spacial score (nSPS) is 11.0. The molecule has 4 nitrogen and oxygen atoms in total. The van der Waals surface area contributed by atoms with Gasteiger partial charge in [-0.05, 0) is 31.5 Å². The Morgan fingerprint density at radius 2 is 1.76 bits per heavy atom. The fourth-order valence-corrected chi connectivity index (χ4v) is 1.70. The molecule has 0 fully saturated rings. The molecule has 0 heterocycles.